The summed E-state index contributed by atoms with van der Waals surface area (Å²) in [6.07, 6.45) is 0.984. The van der Waals surface area contributed by atoms with E-state index in [0.29, 0.717) is 30.8 Å². The van der Waals surface area contributed by atoms with Crippen molar-refractivity contribution in [1.29, 1.82) is 0 Å². The van der Waals surface area contributed by atoms with Crippen molar-refractivity contribution >= 4 is 21.6 Å². The van der Waals surface area contributed by atoms with Gasteiger partial charge in [0.15, 0.2) is 0 Å². The second-order valence-electron chi connectivity index (χ2n) is 7.18. The maximum absolute atomic E-state index is 13.0. The van der Waals surface area contributed by atoms with Gasteiger partial charge < -0.3 is 10.2 Å². The van der Waals surface area contributed by atoms with E-state index >= 15 is 0 Å². The first-order valence-electron chi connectivity index (χ1n) is 9.33. The average molecular weight is 386 g/mol. The number of aryl methyl sites for hydroxylation is 1. The number of sulfonamides is 1. The first-order chi connectivity index (χ1) is 13.0. The SMILES string of the molecule is O=C1CCc2cc(S(=O)(=O)N3CC[NH+](Cc4ccccc4)CC3)ccc2N1. The molecule has 0 unspecified atom stereocenters. The molecule has 1 amide bonds. The second-order valence-corrected chi connectivity index (χ2v) is 9.12. The van der Waals surface area contributed by atoms with Gasteiger partial charge in [0.1, 0.15) is 6.54 Å². The number of nitrogens with one attached hydrogen (secondary N) is 2. The zero-order valence-electron chi connectivity index (χ0n) is 15.1. The van der Waals surface area contributed by atoms with Crippen LogP contribution in [0.1, 0.15) is 17.5 Å². The second kappa shape index (κ2) is 7.42. The third-order valence-electron chi connectivity index (χ3n) is 5.34. The van der Waals surface area contributed by atoms with Crippen molar-refractivity contribution in [3.8, 4) is 0 Å². The Bertz CT molecular complexity index is 936. The Hall–Kier alpha value is -2.22. The molecule has 27 heavy (non-hydrogen) atoms. The summed E-state index contributed by atoms with van der Waals surface area (Å²) in [5, 5.41) is 2.80. The number of carbonyl (C=O) groups excluding carboxylic acids is 1. The number of anilines is 1. The standard InChI is InChI=1S/C20H23N3O3S/c24-20-9-6-17-14-18(7-8-19(17)21-20)27(25,26)23-12-10-22(11-13-23)15-16-4-2-1-3-5-16/h1-5,7-8,14H,6,9-13,15H2,(H,21,24)/p+1. The predicted molar refractivity (Wildman–Crippen MR) is 103 cm³/mol. The molecule has 142 valence electrons. The van der Waals surface area contributed by atoms with Crippen molar-refractivity contribution in [2.75, 3.05) is 31.5 Å². The highest BCUT2D eigenvalue weighted by atomic mass is 32.2. The summed E-state index contributed by atoms with van der Waals surface area (Å²) >= 11 is 0. The van der Waals surface area contributed by atoms with E-state index in [1.807, 2.05) is 18.2 Å². The Labute approximate surface area is 159 Å². The molecular weight excluding hydrogens is 362 g/mol. The Morgan fingerprint density at radius 1 is 1.00 bits per heavy atom. The van der Waals surface area contributed by atoms with Crippen LogP contribution in [0.2, 0.25) is 0 Å². The van der Waals surface area contributed by atoms with E-state index in [0.717, 1.165) is 30.9 Å². The summed E-state index contributed by atoms with van der Waals surface area (Å²) in [5.41, 5.74) is 2.90. The van der Waals surface area contributed by atoms with Crippen LogP contribution in [-0.2, 0) is 27.8 Å². The fourth-order valence-electron chi connectivity index (χ4n) is 3.77. The fraction of sp³-hybridized carbons (Fsp3) is 0.350. The van der Waals surface area contributed by atoms with Gasteiger partial charge >= 0.3 is 0 Å². The maximum atomic E-state index is 13.0. The number of benzene rings is 2. The Morgan fingerprint density at radius 2 is 1.74 bits per heavy atom. The molecule has 0 aromatic heterocycles. The lowest BCUT2D eigenvalue weighted by atomic mass is 10.0. The molecule has 2 N–H and O–H groups in total. The van der Waals surface area contributed by atoms with Crippen molar-refractivity contribution in [3.05, 3.63) is 59.7 Å². The molecule has 7 heteroatoms. The number of fused-ring (bicyclic) bond motifs is 1. The lowest BCUT2D eigenvalue weighted by molar-refractivity contribution is -0.917. The van der Waals surface area contributed by atoms with Crippen molar-refractivity contribution in [1.82, 2.24) is 4.31 Å². The minimum absolute atomic E-state index is 0.0179. The molecule has 0 bridgehead atoms. The smallest absolute Gasteiger partial charge is 0.243 e. The molecule has 6 nitrogen and oxygen atoms in total. The normalized spacial score (nSPS) is 18.7. The van der Waals surface area contributed by atoms with Crippen LogP contribution in [0.25, 0.3) is 0 Å². The molecule has 1 fully saturated rings. The monoisotopic (exact) mass is 386 g/mol. The van der Waals surface area contributed by atoms with Crippen LogP contribution in [0, 0.1) is 0 Å². The van der Waals surface area contributed by atoms with Crippen LogP contribution in [0.3, 0.4) is 0 Å². The number of nitrogens with zero attached hydrogens (tertiary/aromatic N) is 1. The molecule has 0 saturated carbocycles. The summed E-state index contributed by atoms with van der Waals surface area (Å²) in [7, 11) is -3.50. The number of hydrogen-bond acceptors (Lipinski definition) is 3. The Morgan fingerprint density at radius 3 is 2.48 bits per heavy atom. The average Bonchev–Trinajstić information content (AvgIpc) is 2.69. The van der Waals surface area contributed by atoms with Gasteiger partial charge in [0.25, 0.3) is 0 Å². The molecule has 0 spiro atoms. The number of quaternary nitrogens is 1. The Kier molecular flexibility index (Phi) is 4.99. The van der Waals surface area contributed by atoms with Gasteiger partial charge in [-0.25, -0.2) is 8.42 Å². The molecule has 2 aromatic rings. The van der Waals surface area contributed by atoms with E-state index in [-0.39, 0.29) is 5.91 Å². The lowest BCUT2D eigenvalue weighted by Crippen LogP contribution is -3.13. The zero-order chi connectivity index (χ0) is 18.9. The molecule has 4 rings (SSSR count). The number of hydrogen-bond donors (Lipinski definition) is 2. The first-order valence-corrected chi connectivity index (χ1v) is 10.8. The quantitative estimate of drug-likeness (QED) is 0.811. The van der Waals surface area contributed by atoms with Crippen molar-refractivity contribution in [2.24, 2.45) is 0 Å². The van der Waals surface area contributed by atoms with Crippen LogP contribution < -0.4 is 10.2 Å². The van der Waals surface area contributed by atoms with Gasteiger partial charge in [-0.3, -0.25) is 4.79 Å². The number of amides is 1. The zero-order valence-corrected chi connectivity index (χ0v) is 16.0. The van der Waals surface area contributed by atoms with Gasteiger partial charge in [0.05, 0.1) is 31.1 Å². The van der Waals surface area contributed by atoms with E-state index in [4.69, 9.17) is 0 Å². The highest BCUT2D eigenvalue weighted by Crippen LogP contribution is 2.27. The largest absolute Gasteiger partial charge is 0.329 e. The van der Waals surface area contributed by atoms with E-state index in [9.17, 15) is 13.2 Å². The van der Waals surface area contributed by atoms with Crippen LogP contribution in [0.4, 0.5) is 5.69 Å². The van der Waals surface area contributed by atoms with Crippen LogP contribution in [0.5, 0.6) is 0 Å². The van der Waals surface area contributed by atoms with Gasteiger partial charge in [-0.1, -0.05) is 30.3 Å². The van der Waals surface area contributed by atoms with E-state index in [1.165, 1.54) is 10.5 Å². The van der Waals surface area contributed by atoms with Crippen molar-refractivity contribution in [3.63, 3.8) is 0 Å². The van der Waals surface area contributed by atoms with Crippen molar-refractivity contribution < 1.29 is 18.1 Å². The number of carbonyl (C=O) groups is 1. The fourth-order valence-corrected chi connectivity index (χ4v) is 5.27. The molecule has 0 radical (unpaired) electrons. The molecule has 1 saturated heterocycles. The van der Waals surface area contributed by atoms with Crippen LogP contribution in [-0.4, -0.2) is 44.8 Å². The van der Waals surface area contributed by atoms with E-state index in [1.54, 1.807) is 22.5 Å². The first kappa shape index (κ1) is 18.2. The topological polar surface area (TPSA) is 70.9 Å². The Balaban J connectivity index is 1.44. The highest BCUT2D eigenvalue weighted by Gasteiger charge is 2.31. The minimum atomic E-state index is -3.50. The molecule has 2 aliphatic rings. The van der Waals surface area contributed by atoms with E-state index in [2.05, 4.69) is 17.4 Å². The van der Waals surface area contributed by atoms with Gasteiger partial charge in [-0.05, 0) is 30.2 Å². The van der Waals surface area contributed by atoms with Crippen LogP contribution in [0.15, 0.2) is 53.4 Å². The van der Waals surface area contributed by atoms with Gasteiger partial charge in [-0.15, -0.1) is 0 Å². The molecule has 0 atom stereocenters. The maximum Gasteiger partial charge on any atom is 0.243 e. The third kappa shape index (κ3) is 3.90. The lowest BCUT2D eigenvalue weighted by Gasteiger charge is -2.31. The highest BCUT2D eigenvalue weighted by molar-refractivity contribution is 7.89. The molecule has 2 aromatic carbocycles. The summed E-state index contributed by atoms with van der Waals surface area (Å²) in [6, 6.07) is 15.3. The van der Waals surface area contributed by atoms with Gasteiger partial charge in [0.2, 0.25) is 15.9 Å². The van der Waals surface area contributed by atoms with Gasteiger partial charge in [-0.2, -0.15) is 4.31 Å². The van der Waals surface area contributed by atoms with Gasteiger partial charge in [0, 0.05) is 17.7 Å². The minimum Gasteiger partial charge on any atom is -0.329 e. The third-order valence-corrected chi connectivity index (χ3v) is 7.23. The molecular formula is C20H24N3O3S+. The number of rotatable bonds is 4. The number of piperazine rings is 1. The van der Waals surface area contributed by atoms with Crippen LogP contribution >= 0.6 is 0 Å². The summed E-state index contributed by atoms with van der Waals surface area (Å²) < 4.78 is 27.7. The summed E-state index contributed by atoms with van der Waals surface area (Å²) in [5.74, 6) is -0.0179. The molecule has 2 heterocycles. The summed E-state index contributed by atoms with van der Waals surface area (Å²) in [6.45, 7) is 3.58. The van der Waals surface area contributed by atoms with Crippen molar-refractivity contribution in [2.45, 2.75) is 24.3 Å². The molecule has 2 aliphatic heterocycles. The predicted octanol–water partition coefficient (Wildman–Crippen LogP) is 0.661. The van der Waals surface area contributed by atoms with E-state index < -0.39 is 10.0 Å². The summed E-state index contributed by atoms with van der Waals surface area (Å²) in [4.78, 5) is 13.2. The molecule has 0 aliphatic carbocycles.